The van der Waals surface area contributed by atoms with E-state index in [0.29, 0.717) is 0 Å². The highest BCUT2D eigenvalue weighted by Gasteiger charge is 1.97. The molecule has 2 rings (SSSR count). The summed E-state index contributed by atoms with van der Waals surface area (Å²) in [4.78, 5) is 0. The molecule has 2 heteroatoms. The number of hydrogen-bond acceptors (Lipinski definition) is 2. The van der Waals surface area contributed by atoms with Gasteiger partial charge in [0.25, 0.3) is 0 Å². The van der Waals surface area contributed by atoms with E-state index in [0.717, 1.165) is 12.0 Å². The molecule has 1 aromatic heterocycles. The first-order chi connectivity index (χ1) is 4.88. The van der Waals surface area contributed by atoms with E-state index in [1.165, 1.54) is 10.8 Å². The van der Waals surface area contributed by atoms with Crippen LogP contribution in [0.25, 0.3) is 12.3 Å². The van der Waals surface area contributed by atoms with Crippen molar-refractivity contribution in [3.8, 4) is 0 Å². The van der Waals surface area contributed by atoms with Gasteiger partial charge in [0.1, 0.15) is 5.42 Å². The molecule has 0 saturated carbocycles. The maximum absolute atomic E-state index is 5.26. The summed E-state index contributed by atoms with van der Waals surface area (Å²) in [6.45, 7) is 2.92. The Morgan fingerprint density at radius 1 is 1.60 bits per heavy atom. The van der Waals surface area contributed by atoms with Gasteiger partial charge in [-0.05, 0) is 18.6 Å². The van der Waals surface area contributed by atoms with Gasteiger partial charge in [-0.2, -0.15) is 0 Å². The van der Waals surface area contributed by atoms with E-state index in [4.69, 9.17) is 4.42 Å². The smallest absolute Gasteiger partial charge is 0.133 e. The Kier molecular flexibility index (Phi) is 1.07. The monoisotopic (exact) mass is 135 g/mol. The van der Waals surface area contributed by atoms with Crippen molar-refractivity contribution >= 4 is 12.3 Å². The van der Waals surface area contributed by atoms with Crippen LogP contribution in [0.15, 0.2) is 10.7 Å². The highest BCUT2D eigenvalue weighted by Crippen LogP contribution is 1.84. The summed E-state index contributed by atoms with van der Waals surface area (Å²) in [5, 5.41) is 4.31. The van der Waals surface area contributed by atoms with Gasteiger partial charge in [0.15, 0.2) is 0 Å². The molecule has 1 aliphatic rings. The highest BCUT2D eigenvalue weighted by atomic mass is 16.3. The fourth-order valence-electron chi connectivity index (χ4n) is 1.13. The van der Waals surface area contributed by atoms with Crippen LogP contribution < -0.4 is 16.0 Å². The fraction of sp³-hybridized carbons (Fsp3) is 0.250. The molecule has 0 unspecified atom stereocenters. The second-order valence-corrected chi connectivity index (χ2v) is 2.45. The van der Waals surface area contributed by atoms with Crippen molar-refractivity contribution in [3.63, 3.8) is 0 Å². The zero-order chi connectivity index (χ0) is 6.97. The number of nitrogens with one attached hydrogen (secondary N) is 1. The predicted molar refractivity (Wildman–Crippen MR) is 39.6 cm³/mol. The van der Waals surface area contributed by atoms with E-state index in [9.17, 15) is 0 Å². The zero-order valence-corrected chi connectivity index (χ0v) is 5.85. The molecule has 2 heterocycles. The first-order valence-electron chi connectivity index (χ1n) is 3.36. The van der Waals surface area contributed by atoms with Crippen LogP contribution >= 0.6 is 0 Å². The first-order valence-corrected chi connectivity index (χ1v) is 3.36. The lowest BCUT2D eigenvalue weighted by atomic mass is 10.2. The van der Waals surface area contributed by atoms with Crippen molar-refractivity contribution in [3.05, 3.63) is 22.5 Å². The van der Waals surface area contributed by atoms with Crippen molar-refractivity contribution in [2.75, 3.05) is 6.54 Å². The Morgan fingerprint density at radius 2 is 2.50 bits per heavy atom. The van der Waals surface area contributed by atoms with Crippen LogP contribution in [0, 0.1) is 6.92 Å². The van der Waals surface area contributed by atoms with Crippen LogP contribution in [0.1, 0.15) is 5.56 Å². The molecule has 0 radical (unpaired) electrons. The Morgan fingerprint density at radius 3 is 3.30 bits per heavy atom. The maximum atomic E-state index is 5.26. The van der Waals surface area contributed by atoms with Gasteiger partial charge in [0.05, 0.1) is 6.26 Å². The van der Waals surface area contributed by atoms with Gasteiger partial charge < -0.3 is 9.73 Å². The lowest BCUT2D eigenvalue weighted by Gasteiger charge is -1.96. The topological polar surface area (TPSA) is 25.2 Å². The molecule has 1 N–H and O–H groups in total. The Bertz CT molecular complexity index is 348. The lowest BCUT2D eigenvalue weighted by molar-refractivity contribution is 0.527. The van der Waals surface area contributed by atoms with Gasteiger partial charge in [-0.25, -0.2) is 0 Å². The summed E-state index contributed by atoms with van der Waals surface area (Å²) in [5.74, 6) is 0. The van der Waals surface area contributed by atoms with Gasteiger partial charge in [-0.1, -0.05) is 0 Å². The van der Waals surface area contributed by atoms with Crippen molar-refractivity contribution in [2.24, 2.45) is 0 Å². The molecule has 0 atom stereocenters. The van der Waals surface area contributed by atoms with Gasteiger partial charge >= 0.3 is 0 Å². The molecule has 0 amide bonds. The first kappa shape index (κ1) is 5.59. The Balaban J connectivity index is 2.89. The second kappa shape index (κ2) is 1.90. The molecule has 0 bridgehead atoms. The van der Waals surface area contributed by atoms with Crippen LogP contribution in [0.3, 0.4) is 0 Å². The minimum atomic E-state index is 0.875. The lowest BCUT2D eigenvalue weighted by Crippen LogP contribution is -2.31. The molecule has 52 valence electrons. The fourth-order valence-corrected chi connectivity index (χ4v) is 1.13. The van der Waals surface area contributed by atoms with Crippen LogP contribution in [-0.4, -0.2) is 6.54 Å². The molecule has 0 saturated heterocycles. The molecule has 0 fully saturated rings. The summed E-state index contributed by atoms with van der Waals surface area (Å²) in [6, 6.07) is 0. The van der Waals surface area contributed by atoms with Crippen molar-refractivity contribution in [1.29, 1.82) is 0 Å². The molecular formula is C8H9NO. The predicted octanol–water partition coefficient (Wildman–Crippen LogP) is -0.290. The third-order valence-electron chi connectivity index (χ3n) is 1.70. The standard InChI is InChI=1S/C8H9NO/c1-6-5-10-8-2-3-9-4-7(6)8/h2,4-5,9H,3H2,1H3. The molecule has 2 nitrogen and oxygen atoms in total. The molecule has 0 aliphatic carbocycles. The summed E-state index contributed by atoms with van der Waals surface area (Å²) in [5.41, 5.74) is 2.19. The quantitative estimate of drug-likeness (QED) is 0.529. The van der Waals surface area contributed by atoms with Gasteiger partial charge in [-0.3, -0.25) is 0 Å². The van der Waals surface area contributed by atoms with E-state index in [1.54, 1.807) is 6.26 Å². The van der Waals surface area contributed by atoms with Gasteiger partial charge in [0, 0.05) is 18.0 Å². The zero-order valence-electron chi connectivity index (χ0n) is 5.85. The maximum Gasteiger partial charge on any atom is 0.133 e. The largest absolute Gasteiger partial charge is 0.464 e. The number of furan rings is 1. The third kappa shape index (κ3) is 0.652. The van der Waals surface area contributed by atoms with Gasteiger partial charge in [-0.15, -0.1) is 0 Å². The van der Waals surface area contributed by atoms with Crippen LogP contribution in [-0.2, 0) is 0 Å². The van der Waals surface area contributed by atoms with Crippen LogP contribution in [0.4, 0.5) is 0 Å². The normalized spacial score (nSPS) is 14.5. The summed E-state index contributed by atoms with van der Waals surface area (Å²) in [7, 11) is 0. The van der Waals surface area contributed by atoms with Crippen molar-refractivity contribution in [2.45, 2.75) is 6.92 Å². The number of aryl methyl sites for hydroxylation is 1. The van der Waals surface area contributed by atoms with E-state index in [1.807, 2.05) is 19.2 Å². The van der Waals surface area contributed by atoms with Crippen LogP contribution in [0.5, 0.6) is 0 Å². The van der Waals surface area contributed by atoms with E-state index < -0.39 is 0 Å². The minimum absolute atomic E-state index is 0.875. The average Bonchev–Trinajstić information content (AvgIpc) is 2.34. The molecule has 0 aromatic carbocycles. The molecule has 1 aromatic rings. The molecule has 1 aliphatic heterocycles. The Labute approximate surface area is 58.9 Å². The number of fused-ring (bicyclic) bond motifs is 1. The third-order valence-corrected chi connectivity index (χ3v) is 1.70. The molecular weight excluding hydrogens is 126 g/mol. The second-order valence-electron chi connectivity index (χ2n) is 2.45. The van der Waals surface area contributed by atoms with Crippen molar-refractivity contribution in [1.82, 2.24) is 5.32 Å². The van der Waals surface area contributed by atoms with Gasteiger partial charge in [0.2, 0.25) is 0 Å². The summed E-state index contributed by atoms with van der Waals surface area (Å²) >= 11 is 0. The highest BCUT2D eigenvalue weighted by molar-refractivity contribution is 5.36. The van der Waals surface area contributed by atoms with E-state index in [2.05, 4.69) is 5.32 Å². The summed E-state index contributed by atoms with van der Waals surface area (Å²) in [6.07, 6.45) is 5.82. The number of rotatable bonds is 0. The van der Waals surface area contributed by atoms with Crippen molar-refractivity contribution < 1.29 is 4.42 Å². The molecule has 0 spiro atoms. The van der Waals surface area contributed by atoms with Crippen LogP contribution in [0.2, 0.25) is 0 Å². The summed E-state index contributed by atoms with van der Waals surface area (Å²) < 4.78 is 5.26. The Hall–Kier alpha value is -1.18. The minimum Gasteiger partial charge on any atom is -0.464 e. The molecule has 10 heavy (non-hydrogen) atoms. The van der Waals surface area contributed by atoms with E-state index in [-0.39, 0.29) is 0 Å². The van der Waals surface area contributed by atoms with E-state index >= 15 is 0 Å². The number of hydrogen-bond donors (Lipinski definition) is 1. The SMILES string of the molecule is Cc1coc2c1=CNCC=2. The average molecular weight is 135 g/mol.